The molecule has 0 aliphatic carbocycles. The lowest BCUT2D eigenvalue weighted by Gasteiger charge is -2.28. The lowest BCUT2D eigenvalue weighted by molar-refractivity contribution is 0.332. The average molecular weight is 233 g/mol. The first kappa shape index (κ1) is 12.0. The molecular formula is C10H17ClN2S. The third-order valence-electron chi connectivity index (χ3n) is 2.60. The normalized spacial score (nSPS) is 15.4. The molecule has 0 amide bonds. The number of rotatable bonds is 6. The van der Waals surface area contributed by atoms with Gasteiger partial charge in [0.1, 0.15) is 0 Å². The number of nitrogens with one attached hydrogen (secondary N) is 1. The molecule has 1 heterocycles. The summed E-state index contributed by atoms with van der Waals surface area (Å²) in [5, 5.41) is 3.54. The van der Waals surface area contributed by atoms with E-state index in [0.717, 1.165) is 19.4 Å². The van der Waals surface area contributed by atoms with Crippen molar-refractivity contribution >= 4 is 22.9 Å². The summed E-state index contributed by atoms with van der Waals surface area (Å²) in [6.45, 7) is 5.30. The van der Waals surface area contributed by atoms with Crippen LogP contribution in [0.2, 0.25) is 0 Å². The number of thiazole rings is 1. The fourth-order valence-corrected chi connectivity index (χ4v) is 2.18. The Balaban J connectivity index is 2.41. The molecule has 1 rings (SSSR count). The summed E-state index contributed by atoms with van der Waals surface area (Å²) < 4.78 is 0. The summed E-state index contributed by atoms with van der Waals surface area (Å²) >= 11 is 7.46. The Morgan fingerprint density at radius 1 is 1.64 bits per heavy atom. The first-order valence-corrected chi connectivity index (χ1v) is 6.30. The molecule has 0 fully saturated rings. The predicted octanol–water partition coefficient (Wildman–Crippen LogP) is 3.03. The van der Waals surface area contributed by atoms with Crippen LogP contribution in [0.1, 0.15) is 31.6 Å². The zero-order valence-electron chi connectivity index (χ0n) is 8.72. The molecular weight excluding hydrogens is 216 g/mol. The highest BCUT2D eigenvalue weighted by atomic mass is 35.5. The van der Waals surface area contributed by atoms with E-state index in [4.69, 9.17) is 11.6 Å². The number of hydrogen-bond donors (Lipinski definition) is 1. The Hall–Kier alpha value is -0.120. The number of alkyl halides is 1. The molecule has 1 aromatic rings. The van der Waals surface area contributed by atoms with Gasteiger partial charge in [0.15, 0.2) is 0 Å². The molecule has 0 saturated heterocycles. The molecule has 0 radical (unpaired) electrons. The van der Waals surface area contributed by atoms with Gasteiger partial charge in [0.25, 0.3) is 0 Å². The number of halogens is 1. The molecule has 0 aliphatic heterocycles. The topological polar surface area (TPSA) is 24.9 Å². The van der Waals surface area contributed by atoms with Gasteiger partial charge in [-0.1, -0.05) is 6.92 Å². The molecule has 4 heteroatoms. The number of nitrogens with zero attached hydrogens (tertiary/aromatic N) is 1. The maximum Gasteiger partial charge on any atom is 0.0794 e. The quantitative estimate of drug-likeness (QED) is 0.763. The molecule has 1 atom stereocenters. The highest BCUT2D eigenvalue weighted by Crippen LogP contribution is 2.17. The molecule has 1 aromatic heterocycles. The van der Waals surface area contributed by atoms with Crippen LogP contribution in [0.3, 0.4) is 0 Å². The van der Waals surface area contributed by atoms with Gasteiger partial charge in [-0.25, -0.2) is 0 Å². The van der Waals surface area contributed by atoms with E-state index in [1.165, 1.54) is 4.88 Å². The van der Waals surface area contributed by atoms with E-state index in [9.17, 15) is 0 Å². The zero-order valence-corrected chi connectivity index (χ0v) is 10.3. The Labute approximate surface area is 94.7 Å². The first-order valence-electron chi connectivity index (χ1n) is 4.88. The highest BCUT2D eigenvalue weighted by Gasteiger charge is 2.20. The second-order valence-electron chi connectivity index (χ2n) is 3.67. The minimum Gasteiger partial charge on any atom is -0.307 e. The van der Waals surface area contributed by atoms with Crippen molar-refractivity contribution in [3.63, 3.8) is 0 Å². The minimum atomic E-state index is 0.158. The molecule has 2 nitrogen and oxygen atoms in total. The van der Waals surface area contributed by atoms with Crippen LogP contribution in [-0.2, 0) is 6.54 Å². The van der Waals surface area contributed by atoms with Crippen molar-refractivity contribution in [3.8, 4) is 0 Å². The average Bonchev–Trinajstić information content (AvgIpc) is 2.68. The van der Waals surface area contributed by atoms with Gasteiger partial charge < -0.3 is 5.32 Å². The number of hydrogen-bond acceptors (Lipinski definition) is 3. The maximum atomic E-state index is 5.78. The molecule has 1 N–H and O–H groups in total. The van der Waals surface area contributed by atoms with E-state index in [-0.39, 0.29) is 5.54 Å². The third-order valence-corrected chi connectivity index (χ3v) is 3.57. The molecule has 0 spiro atoms. The van der Waals surface area contributed by atoms with E-state index in [1.807, 2.05) is 11.7 Å². The van der Waals surface area contributed by atoms with Gasteiger partial charge in [0, 0.05) is 29.0 Å². The van der Waals surface area contributed by atoms with Gasteiger partial charge in [0.05, 0.1) is 5.51 Å². The summed E-state index contributed by atoms with van der Waals surface area (Å²) in [7, 11) is 0. The van der Waals surface area contributed by atoms with Gasteiger partial charge in [-0.2, -0.15) is 0 Å². The van der Waals surface area contributed by atoms with Crippen LogP contribution in [0.25, 0.3) is 0 Å². The van der Waals surface area contributed by atoms with E-state index in [2.05, 4.69) is 24.1 Å². The molecule has 80 valence electrons. The summed E-state index contributed by atoms with van der Waals surface area (Å²) in [5.74, 6) is 0.708. The van der Waals surface area contributed by atoms with E-state index in [0.29, 0.717) is 5.88 Å². The molecule has 0 aliphatic rings. The van der Waals surface area contributed by atoms with Crippen LogP contribution in [0.5, 0.6) is 0 Å². The van der Waals surface area contributed by atoms with Crippen molar-refractivity contribution in [2.24, 2.45) is 0 Å². The SMILES string of the molecule is CCC(C)(CCCl)NCc1cncs1. The fraction of sp³-hybridized carbons (Fsp3) is 0.700. The van der Waals surface area contributed by atoms with Crippen molar-refractivity contribution in [2.75, 3.05) is 5.88 Å². The monoisotopic (exact) mass is 232 g/mol. The Morgan fingerprint density at radius 3 is 2.93 bits per heavy atom. The Morgan fingerprint density at radius 2 is 2.43 bits per heavy atom. The molecule has 1 unspecified atom stereocenters. The van der Waals surface area contributed by atoms with Crippen molar-refractivity contribution in [1.82, 2.24) is 10.3 Å². The second kappa shape index (κ2) is 5.69. The van der Waals surface area contributed by atoms with Crippen LogP contribution in [-0.4, -0.2) is 16.4 Å². The molecule has 0 saturated carbocycles. The maximum absolute atomic E-state index is 5.78. The number of aromatic nitrogens is 1. The fourth-order valence-electron chi connectivity index (χ4n) is 1.23. The third kappa shape index (κ3) is 3.56. The van der Waals surface area contributed by atoms with Crippen molar-refractivity contribution < 1.29 is 0 Å². The van der Waals surface area contributed by atoms with Gasteiger partial charge >= 0.3 is 0 Å². The van der Waals surface area contributed by atoms with E-state index < -0.39 is 0 Å². The van der Waals surface area contributed by atoms with Crippen LogP contribution >= 0.6 is 22.9 Å². The summed E-state index contributed by atoms with van der Waals surface area (Å²) in [6.07, 6.45) is 4.01. The standard InChI is InChI=1S/C10H17ClN2S/c1-3-10(2,4-5-11)13-7-9-6-12-8-14-9/h6,8,13H,3-5,7H2,1-2H3. The van der Waals surface area contributed by atoms with Crippen molar-refractivity contribution in [3.05, 3.63) is 16.6 Å². The zero-order chi connectivity index (χ0) is 10.4. The van der Waals surface area contributed by atoms with Gasteiger partial charge in [-0.15, -0.1) is 22.9 Å². The highest BCUT2D eigenvalue weighted by molar-refractivity contribution is 7.09. The predicted molar refractivity (Wildman–Crippen MR) is 63.0 cm³/mol. The molecule has 0 bridgehead atoms. The largest absolute Gasteiger partial charge is 0.307 e. The Kier molecular flexibility index (Phi) is 4.85. The van der Waals surface area contributed by atoms with E-state index in [1.54, 1.807) is 11.3 Å². The first-order chi connectivity index (χ1) is 6.70. The molecule has 14 heavy (non-hydrogen) atoms. The van der Waals surface area contributed by atoms with Crippen molar-refractivity contribution in [2.45, 2.75) is 38.8 Å². The summed E-state index contributed by atoms with van der Waals surface area (Å²) in [6, 6.07) is 0. The van der Waals surface area contributed by atoms with Crippen molar-refractivity contribution in [1.29, 1.82) is 0 Å². The lowest BCUT2D eigenvalue weighted by atomic mass is 9.95. The Bertz CT molecular complexity index is 251. The van der Waals surface area contributed by atoms with E-state index >= 15 is 0 Å². The molecule has 0 aromatic carbocycles. The lowest BCUT2D eigenvalue weighted by Crippen LogP contribution is -2.41. The second-order valence-corrected chi connectivity index (χ2v) is 5.02. The van der Waals surface area contributed by atoms with Crippen LogP contribution in [0.4, 0.5) is 0 Å². The minimum absolute atomic E-state index is 0.158. The van der Waals surface area contributed by atoms with Crippen LogP contribution in [0.15, 0.2) is 11.7 Å². The summed E-state index contributed by atoms with van der Waals surface area (Å²) in [4.78, 5) is 5.32. The van der Waals surface area contributed by atoms with Gasteiger partial charge in [-0.3, -0.25) is 4.98 Å². The summed E-state index contributed by atoms with van der Waals surface area (Å²) in [5.41, 5.74) is 2.02. The van der Waals surface area contributed by atoms with Gasteiger partial charge in [-0.05, 0) is 19.8 Å². The van der Waals surface area contributed by atoms with Crippen LogP contribution < -0.4 is 5.32 Å². The smallest absolute Gasteiger partial charge is 0.0794 e. The van der Waals surface area contributed by atoms with Crippen LogP contribution in [0, 0.1) is 0 Å². The van der Waals surface area contributed by atoms with Gasteiger partial charge in [0.2, 0.25) is 0 Å².